The number of hydrogen-bond acceptors (Lipinski definition) is 5. The molecule has 0 aliphatic carbocycles. The number of likely N-dealkylation sites (tertiary alicyclic amines) is 1. The largest absolute Gasteiger partial charge is 0.394 e. The van der Waals surface area contributed by atoms with Gasteiger partial charge in [-0.3, -0.25) is 4.79 Å². The maximum Gasteiger partial charge on any atom is 0.319 e. The van der Waals surface area contributed by atoms with Crippen LogP contribution >= 0.6 is 11.6 Å². The summed E-state index contributed by atoms with van der Waals surface area (Å²) < 4.78 is 5.98. The zero-order valence-electron chi connectivity index (χ0n) is 18.5. The van der Waals surface area contributed by atoms with Crippen LogP contribution in [0.1, 0.15) is 44.9 Å². The zero-order valence-corrected chi connectivity index (χ0v) is 19.3. The van der Waals surface area contributed by atoms with Gasteiger partial charge in [-0.1, -0.05) is 18.0 Å². The zero-order chi connectivity index (χ0) is 22.8. The Hall–Kier alpha value is -1.87. The van der Waals surface area contributed by atoms with Crippen molar-refractivity contribution in [2.75, 3.05) is 38.1 Å². The fourth-order valence-electron chi connectivity index (χ4n) is 4.28. The van der Waals surface area contributed by atoms with Crippen LogP contribution in [-0.2, 0) is 9.53 Å². The Morgan fingerprint density at radius 2 is 1.88 bits per heavy atom. The van der Waals surface area contributed by atoms with E-state index in [0.29, 0.717) is 36.5 Å². The molecule has 32 heavy (non-hydrogen) atoms. The second-order valence-electron chi connectivity index (χ2n) is 8.56. The van der Waals surface area contributed by atoms with Crippen molar-refractivity contribution >= 4 is 29.2 Å². The van der Waals surface area contributed by atoms with Crippen LogP contribution in [0.25, 0.3) is 0 Å². The van der Waals surface area contributed by atoms with Gasteiger partial charge in [0.15, 0.2) is 0 Å². The van der Waals surface area contributed by atoms with E-state index in [1.807, 2.05) is 0 Å². The van der Waals surface area contributed by atoms with Gasteiger partial charge in [0, 0.05) is 30.2 Å². The number of carbonyl (C=O) groups is 2. The molecule has 2 heterocycles. The van der Waals surface area contributed by atoms with Crippen LogP contribution in [0, 0.1) is 0 Å². The van der Waals surface area contributed by atoms with E-state index in [0.717, 1.165) is 26.1 Å². The van der Waals surface area contributed by atoms with Crippen molar-refractivity contribution in [3.8, 4) is 0 Å². The molecule has 0 saturated carbocycles. The molecule has 2 aliphatic heterocycles. The van der Waals surface area contributed by atoms with Crippen LogP contribution in [0.15, 0.2) is 24.3 Å². The maximum atomic E-state index is 12.3. The molecule has 0 radical (unpaired) electrons. The maximum absolute atomic E-state index is 12.3. The van der Waals surface area contributed by atoms with E-state index >= 15 is 0 Å². The highest BCUT2D eigenvalue weighted by Crippen LogP contribution is 2.22. The number of carbonyl (C=O) groups excluding carboxylic acids is 2. The minimum atomic E-state index is -0.473. The minimum Gasteiger partial charge on any atom is -0.394 e. The van der Waals surface area contributed by atoms with Crippen LogP contribution in [0.2, 0.25) is 5.02 Å². The standard InChI is InChI=1S/C23H35ClN4O4/c24-17-4-6-18(7-5-17)26-23(31)27-20-9-8-19(32-21(20)16-29)10-12-25-22(30)11-15-28-13-2-1-3-14-28/h4-7,19-21,29H,1-3,8-16H2,(H,25,30)(H2,26,27,31)/t19-,20+,21+/m1/s1. The molecule has 2 aliphatic rings. The van der Waals surface area contributed by atoms with Gasteiger partial charge in [0.2, 0.25) is 5.91 Å². The summed E-state index contributed by atoms with van der Waals surface area (Å²) in [7, 11) is 0. The molecule has 3 rings (SSSR count). The summed E-state index contributed by atoms with van der Waals surface area (Å²) in [6.45, 7) is 3.39. The van der Waals surface area contributed by atoms with Crippen molar-refractivity contribution in [3.05, 3.63) is 29.3 Å². The minimum absolute atomic E-state index is 0.0491. The number of nitrogens with zero attached hydrogens (tertiary/aromatic N) is 1. The number of halogens is 1. The lowest BCUT2D eigenvalue weighted by atomic mass is 9.97. The summed E-state index contributed by atoms with van der Waals surface area (Å²) in [5.74, 6) is 0.0727. The summed E-state index contributed by atoms with van der Waals surface area (Å²) in [5.41, 5.74) is 0.637. The van der Waals surface area contributed by atoms with Gasteiger partial charge >= 0.3 is 6.03 Å². The second-order valence-corrected chi connectivity index (χ2v) is 9.00. The lowest BCUT2D eigenvalue weighted by Crippen LogP contribution is -2.52. The molecule has 0 unspecified atom stereocenters. The van der Waals surface area contributed by atoms with Crippen LogP contribution < -0.4 is 16.0 Å². The van der Waals surface area contributed by atoms with Gasteiger partial charge in [-0.2, -0.15) is 0 Å². The predicted octanol–water partition coefficient (Wildman–Crippen LogP) is 2.75. The summed E-state index contributed by atoms with van der Waals surface area (Å²) in [6.07, 6.45) is 5.90. The Labute approximate surface area is 195 Å². The topological polar surface area (TPSA) is 103 Å². The number of ether oxygens (including phenoxy) is 1. The molecule has 3 amide bonds. The van der Waals surface area contributed by atoms with Gasteiger partial charge < -0.3 is 30.7 Å². The van der Waals surface area contributed by atoms with Gasteiger partial charge in [-0.05, 0) is 69.5 Å². The van der Waals surface area contributed by atoms with Crippen LogP contribution in [-0.4, -0.2) is 73.0 Å². The van der Waals surface area contributed by atoms with E-state index in [1.165, 1.54) is 19.3 Å². The van der Waals surface area contributed by atoms with E-state index in [1.54, 1.807) is 24.3 Å². The van der Waals surface area contributed by atoms with Crippen LogP contribution in [0.5, 0.6) is 0 Å². The Balaban J connectivity index is 1.33. The SMILES string of the molecule is O=C(CCN1CCCCC1)NCC[C@H]1CC[C@H](NC(=O)Nc2ccc(Cl)cc2)[C@H](CO)O1. The molecule has 2 saturated heterocycles. The number of nitrogens with one attached hydrogen (secondary N) is 3. The average molecular weight is 467 g/mol. The quantitative estimate of drug-likeness (QED) is 0.448. The first-order chi connectivity index (χ1) is 15.5. The number of urea groups is 1. The van der Waals surface area contributed by atoms with Crippen molar-refractivity contribution in [2.45, 2.75) is 63.2 Å². The number of rotatable bonds is 9. The van der Waals surface area contributed by atoms with Crippen molar-refractivity contribution in [3.63, 3.8) is 0 Å². The van der Waals surface area contributed by atoms with Crippen molar-refractivity contribution in [1.29, 1.82) is 0 Å². The predicted molar refractivity (Wildman–Crippen MR) is 125 cm³/mol. The molecule has 9 heteroatoms. The molecular formula is C23H35ClN4O4. The number of aliphatic hydroxyl groups excluding tert-OH is 1. The molecule has 8 nitrogen and oxygen atoms in total. The molecule has 0 aromatic heterocycles. The normalized spacial score (nSPS) is 24.0. The average Bonchev–Trinajstić information content (AvgIpc) is 2.80. The van der Waals surface area contributed by atoms with E-state index in [4.69, 9.17) is 16.3 Å². The number of aliphatic hydroxyl groups is 1. The second kappa shape index (κ2) is 13.0. The lowest BCUT2D eigenvalue weighted by molar-refractivity contribution is -0.122. The molecule has 3 atom stereocenters. The molecule has 2 fully saturated rings. The van der Waals surface area contributed by atoms with E-state index in [2.05, 4.69) is 20.9 Å². The highest BCUT2D eigenvalue weighted by Gasteiger charge is 2.31. The first-order valence-corrected chi connectivity index (χ1v) is 12.0. The highest BCUT2D eigenvalue weighted by atomic mass is 35.5. The van der Waals surface area contributed by atoms with Crippen molar-refractivity contribution in [1.82, 2.24) is 15.5 Å². The fourth-order valence-corrected chi connectivity index (χ4v) is 4.41. The van der Waals surface area contributed by atoms with E-state index in [9.17, 15) is 14.7 Å². The number of hydrogen-bond donors (Lipinski definition) is 4. The van der Waals surface area contributed by atoms with Crippen LogP contribution in [0.4, 0.5) is 10.5 Å². The third-order valence-corrected chi connectivity index (χ3v) is 6.36. The summed E-state index contributed by atoms with van der Waals surface area (Å²) in [5, 5.41) is 19.0. The smallest absolute Gasteiger partial charge is 0.319 e. The highest BCUT2D eigenvalue weighted by molar-refractivity contribution is 6.30. The first-order valence-electron chi connectivity index (χ1n) is 11.6. The van der Waals surface area contributed by atoms with Gasteiger partial charge in [0.05, 0.1) is 18.8 Å². The van der Waals surface area contributed by atoms with E-state index in [-0.39, 0.29) is 30.7 Å². The Morgan fingerprint density at radius 1 is 1.12 bits per heavy atom. The number of amides is 3. The van der Waals surface area contributed by atoms with Crippen molar-refractivity contribution in [2.24, 2.45) is 0 Å². The summed E-state index contributed by atoms with van der Waals surface area (Å²) >= 11 is 5.86. The molecule has 4 N–H and O–H groups in total. The van der Waals surface area contributed by atoms with Crippen molar-refractivity contribution < 1.29 is 19.4 Å². The Kier molecular flexibility index (Phi) is 10.1. The van der Waals surface area contributed by atoms with Crippen LogP contribution in [0.3, 0.4) is 0 Å². The third-order valence-electron chi connectivity index (χ3n) is 6.11. The number of benzene rings is 1. The van der Waals surface area contributed by atoms with Gasteiger partial charge in [-0.25, -0.2) is 4.79 Å². The van der Waals surface area contributed by atoms with Gasteiger partial charge in [-0.15, -0.1) is 0 Å². The molecule has 178 valence electrons. The Bertz CT molecular complexity index is 727. The fraction of sp³-hybridized carbons (Fsp3) is 0.652. The van der Waals surface area contributed by atoms with Gasteiger partial charge in [0.25, 0.3) is 0 Å². The molecule has 0 spiro atoms. The molecular weight excluding hydrogens is 432 g/mol. The van der Waals surface area contributed by atoms with Gasteiger partial charge in [0.1, 0.15) is 6.10 Å². The van der Waals surface area contributed by atoms with E-state index < -0.39 is 6.10 Å². The molecule has 0 bridgehead atoms. The third kappa shape index (κ3) is 8.24. The number of piperidine rings is 1. The first kappa shape index (κ1) is 24.8. The summed E-state index contributed by atoms with van der Waals surface area (Å²) in [6, 6.07) is 6.23. The monoisotopic (exact) mass is 466 g/mol. The summed E-state index contributed by atoms with van der Waals surface area (Å²) in [4.78, 5) is 26.8. The number of anilines is 1. The molecule has 1 aromatic carbocycles. The molecule has 1 aromatic rings. The Morgan fingerprint density at radius 3 is 2.59 bits per heavy atom. The lowest BCUT2D eigenvalue weighted by Gasteiger charge is -2.36.